The van der Waals surface area contributed by atoms with Crippen molar-refractivity contribution in [2.75, 3.05) is 26.3 Å². The lowest BCUT2D eigenvalue weighted by molar-refractivity contribution is 0.186. The van der Waals surface area contributed by atoms with Gasteiger partial charge in [0.15, 0.2) is 0 Å². The Balaban J connectivity index is 2.00. The molecule has 0 bridgehead atoms. The summed E-state index contributed by atoms with van der Waals surface area (Å²) in [5.74, 6) is 0.287. The topological polar surface area (TPSA) is 72.4 Å². The smallest absolute Gasteiger partial charge is 0.242 e. The van der Waals surface area contributed by atoms with E-state index in [1.807, 2.05) is 18.5 Å². The summed E-state index contributed by atoms with van der Waals surface area (Å²) in [6.45, 7) is 5.35. The zero-order valence-corrected chi connectivity index (χ0v) is 12.9. The van der Waals surface area contributed by atoms with Crippen molar-refractivity contribution in [3.63, 3.8) is 0 Å². The Morgan fingerprint density at radius 2 is 2.30 bits per heavy atom. The Morgan fingerprint density at radius 1 is 1.50 bits per heavy atom. The first-order valence-electron chi connectivity index (χ1n) is 6.96. The minimum atomic E-state index is -3.43. The van der Waals surface area contributed by atoms with Gasteiger partial charge in [0.2, 0.25) is 10.0 Å². The summed E-state index contributed by atoms with van der Waals surface area (Å²) in [5, 5.41) is 3.19. The second-order valence-corrected chi connectivity index (χ2v) is 6.91. The molecule has 20 heavy (non-hydrogen) atoms. The van der Waals surface area contributed by atoms with Gasteiger partial charge in [-0.25, -0.2) is 13.1 Å². The van der Waals surface area contributed by atoms with Crippen molar-refractivity contribution < 1.29 is 13.2 Å². The van der Waals surface area contributed by atoms with Crippen LogP contribution in [0.3, 0.4) is 0 Å². The molecule has 0 radical (unpaired) electrons. The molecule has 1 saturated heterocycles. The molecule has 1 aliphatic heterocycles. The molecule has 0 spiro atoms. The highest BCUT2D eigenvalue weighted by Gasteiger charge is 2.21. The Labute approximate surface area is 120 Å². The van der Waals surface area contributed by atoms with Crippen LogP contribution in [0.15, 0.2) is 17.2 Å². The average molecular weight is 301 g/mol. The molecule has 2 N–H and O–H groups in total. The van der Waals surface area contributed by atoms with Gasteiger partial charge in [-0.2, -0.15) is 0 Å². The van der Waals surface area contributed by atoms with E-state index in [0.717, 1.165) is 25.3 Å². The number of hydrogen-bond donors (Lipinski definition) is 2. The largest absolute Gasteiger partial charge is 0.381 e. The molecule has 6 nitrogen and oxygen atoms in total. The van der Waals surface area contributed by atoms with Crippen molar-refractivity contribution in [2.45, 2.75) is 24.8 Å². The maximum Gasteiger partial charge on any atom is 0.242 e. The SMILES string of the molecule is CCNCc1cc(S(=O)(=O)NCC2CCOC2)cn1C. The Bertz CT molecular complexity index is 533. The van der Waals surface area contributed by atoms with Crippen LogP contribution in [-0.4, -0.2) is 39.3 Å². The van der Waals surface area contributed by atoms with Crippen molar-refractivity contribution in [2.24, 2.45) is 13.0 Å². The van der Waals surface area contributed by atoms with E-state index in [-0.39, 0.29) is 5.92 Å². The van der Waals surface area contributed by atoms with Crippen LogP contribution in [0.1, 0.15) is 19.0 Å². The average Bonchev–Trinajstić information content (AvgIpc) is 3.04. The molecule has 0 amide bonds. The summed E-state index contributed by atoms with van der Waals surface area (Å²) in [6, 6.07) is 1.72. The first-order valence-corrected chi connectivity index (χ1v) is 8.44. The van der Waals surface area contributed by atoms with Crippen LogP contribution in [0.2, 0.25) is 0 Å². The van der Waals surface area contributed by atoms with E-state index < -0.39 is 10.0 Å². The summed E-state index contributed by atoms with van der Waals surface area (Å²) >= 11 is 0. The van der Waals surface area contributed by atoms with Crippen LogP contribution >= 0.6 is 0 Å². The molecule has 7 heteroatoms. The maximum absolute atomic E-state index is 12.2. The zero-order chi connectivity index (χ0) is 14.6. The number of ether oxygens (including phenoxy) is 1. The van der Waals surface area contributed by atoms with Crippen molar-refractivity contribution in [3.8, 4) is 0 Å². The summed E-state index contributed by atoms with van der Waals surface area (Å²) < 4.78 is 34.2. The Kier molecular flexibility index (Phi) is 5.20. The van der Waals surface area contributed by atoms with Gasteiger partial charge in [-0.3, -0.25) is 0 Å². The highest BCUT2D eigenvalue weighted by atomic mass is 32.2. The molecular weight excluding hydrogens is 278 g/mol. The summed E-state index contributed by atoms with van der Waals surface area (Å²) in [6.07, 6.45) is 2.57. The number of nitrogens with one attached hydrogen (secondary N) is 2. The van der Waals surface area contributed by atoms with E-state index in [1.165, 1.54) is 0 Å². The molecule has 2 rings (SSSR count). The molecule has 0 aromatic carbocycles. The van der Waals surface area contributed by atoms with Crippen LogP contribution in [0.5, 0.6) is 0 Å². The fourth-order valence-corrected chi connectivity index (χ4v) is 3.42. The van der Waals surface area contributed by atoms with Crippen LogP contribution < -0.4 is 10.0 Å². The first-order chi connectivity index (χ1) is 9.53. The third kappa shape index (κ3) is 3.82. The normalized spacial score (nSPS) is 19.6. The van der Waals surface area contributed by atoms with Gasteiger partial charge in [0.1, 0.15) is 0 Å². The van der Waals surface area contributed by atoms with Gasteiger partial charge >= 0.3 is 0 Å². The lowest BCUT2D eigenvalue weighted by atomic mass is 10.1. The molecule has 0 aliphatic carbocycles. The molecule has 2 heterocycles. The van der Waals surface area contributed by atoms with Gasteiger partial charge in [0.25, 0.3) is 0 Å². The number of aromatic nitrogens is 1. The number of sulfonamides is 1. The minimum Gasteiger partial charge on any atom is -0.381 e. The molecular formula is C13H23N3O3S. The molecule has 1 fully saturated rings. The summed E-state index contributed by atoms with van der Waals surface area (Å²) in [5.41, 5.74) is 0.955. The fourth-order valence-electron chi connectivity index (χ4n) is 2.21. The number of rotatable bonds is 7. The van der Waals surface area contributed by atoms with E-state index in [2.05, 4.69) is 10.0 Å². The lowest BCUT2D eigenvalue weighted by Crippen LogP contribution is -2.29. The van der Waals surface area contributed by atoms with E-state index >= 15 is 0 Å². The van der Waals surface area contributed by atoms with E-state index in [0.29, 0.717) is 24.6 Å². The van der Waals surface area contributed by atoms with Crippen molar-refractivity contribution in [3.05, 3.63) is 18.0 Å². The fraction of sp³-hybridized carbons (Fsp3) is 0.692. The predicted molar refractivity (Wildman–Crippen MR) is 76.9 cm³/mol. The maximum atomic E-state index is 12.2. The summed E-state index contributed by atoms with van der Waals surface area (Å²) in [4.78, 5) is 0.326. The summed E-state index contributed by atoms with van der Waals surface area (Å²) in [7, 11) is -1.57. The van der Waals surface area contributed by atoms with Gasteiger partial charge in [-0.05, 0) is 24.9 Å². The Hall–Kier alpha value is -0.890. The van der Waals surface area contributed by atoms with E-state index in [1.54, 1.807) is 12.3 Å². The van der Waals surface area contributed by atoms with Crippen molar-refractivity contribution >= 4 is 10.0 Å². The molecule has 1 aromatic heterocycles. The van der Waals surface area contributed by atoms with Crippen LogP contribution in [-0.2, 0) is 28.4 Å². The van der Waals surface area contributed by atoms with Gasteiger partial charge < -0.3 is 14.6 Å². The van der Waals surface area contributed by atoms with Gasteiger partial charge in [0, 0.05) is 38.6 Å². The third-order valence-corrected chi connectivity index (χ3v) is 4.93. The van der Waals surface area contributed by atoms with Gasteiger partial charge in [-0.15, -0.1) is 0 Å². The highest BCUT2D eigenvalue weighted by Crippen LogP contribution is 2.15. The zero-order valence-electron chi connectivity index (χ0n) is 12.1. The molecule has 1 aromatic rings. The lowest BCUT2D eigenvalue weighted by Gasteiger charge is -2.08. The van der Waals surface area contributed by atoms with Gasteiger partial charge in [0.05, 0.1) is 11.5 Å². The van der Waals surface area contributed by atoms with Crippen molar-refractivity contribution in [1.82, 2.24) is 14.6 Å². The van der Waals surface area contributed by atoms with Crippen LogP contribution in [0.4, 0.5) is 0 Å². The highest BCUT2D eigenvalue weighted by molar-refractivity contribution is 7.89. The third-order valence-electron chi connectivity index (χ3n) is 3.54. The second-order valence-electron chi connectivity index (χ2n) is 5.14. The predicted octanol–water partition coefficient (Wildman–Crippen LogP) is 0.449. The number of aryl methyl sites for hydroxylation is 1. The molecule has 1 unspecified atom stereocenters. The minimum absolute atomic E-state index is 0.287. The standard InChI is InChI=1S/C13H23N3O3S/c1-3-14-8-12-6-13(9-16(12)2)20(17,18)15-7-11-4-5-19-10-11/h6,9,11,14-15H,3-5,7-8,10H2,1-2H3. The van der Waals surface area contributed by atoms with Crippen LogP contribution in [0, 0.1) is 5.92 Å². The quantitative estimate of drug-likeness (QED) is 0.767. The second kappa shape index (κ2) is 6.71. The van der Waals surface area contributed by atoms with Gasteiger partial charge in [-0.1, -0.05) is 6.92 Å². The van der Waals surface area contributed by atoms with E-state index in [4.69, 9.17) is 4.74 Å². The number of hydrogen-bond acceptors (Lipinski definition) is 4. The Morgan fingerprint density at radius 3 is 2.95 bits per heavy atom. The first kappa shape index (κ1) is 15.5. The van der Waals surface area contributed by atoms with Crippen LogP contribution in [0.25, 0.3) is 0 Å². The number of nitrogens with zero attached hydrogens (tertiary/aromatic N) is 1. The molecule has 0 saturated carbocycles. The molecule has 114 valence electrons. The molecule has 1 atom stereocenters. The van der Waals surface area contributed by atoms with E-state index in [9.17, 15) is 8.42 Å². The van der Waals surface area contributed by atoms with Crippen molar-refractivity contribution in [1.29, 1.82) is 0 Å². The monoisotopic (exact) mass is 301 g/mol. The molecule has 1 aliphatic rings.